The van der Waals surface area contributed by atoms with E-state index in [1.807, 2.05) is 61.5 Å². The summed E-state index contributed by atoms with van der Waals surface area (Å²) in [5.74, 6) is 0. The molecule has 0 aromatic heterocycles. The molecule has 4 rings (SSSR count). The van der Waals surface area contributed by atoms with Crippen molar-refractivity contribution in [3.05, 3.63) is 71.3 Å². The van der Waals surface area contributed by atoms with E-state index in [9.17, 15) is 13.2 Å². The molecule has 1 aliphatic heterocycles. The predicted octanol–water partition coefficient (Wildman–Crippen LogP) is 5.67. The summed E-state index contributed by atoms with van der Waals surface area (Å²) in [6, 6.07) is 17.4. The van der Waals surface area contributed by atoms with Crippen molar-refractivity contribution in [3.63, 3.8) is 0 Å². The Morgan fingerprint density at radius 2 is 1.64 bits per heavy atom. The minimum absolute atomic E-state index is 0.480. The number of hydrogen-bond acceptors (Lipinski definition) is 1. The van der Waals surface area contributed by atoms with Gasteiger partial charge in [-0.25, -0.2) is 0 Å². The Bertz CT molecular complexity index is 825. The molecule has 2 aliphatic rings. The molecule has 0 spiro atoms. The Morgan fingerprint density at radius 3 is 2.36 bits per heavy atom. The molecule has 2 atom stereocenters. The average Bonchev–Trinajstić information content (AvgIpc) is 2.90. The second kappa shape index (κ2) is 5.45. The van der Waals surface area contributed by atoms with E-state index >= 15 is 0 Å². The summed E-state index contributed by atoms with van der Waals surface area (Å²) in [5, 5.41) is 0. The number of halogens is 3. The van der Waals surface area contributed by atoms with Crippen LogP contribution in [0.4, 0.5) is 13.2 Å². The van der Waals surface area contributed by atoms with Gasteiger partial charge in [-0.15, -0.1) is 0 Å². The van der Waals surface area contributed by atoms with Crippen LogP contribution in [0.5, 0.6) is 0 Å². The van der Waals surface area contributed by atoms with Crippen molar-refractivity contribution in [2.45, 2.75) is 49.7 Å². The molecule has 0 N–H and O–H groups in total. The van der Waals surface area contributed by atoms with Gasteiger partial charge in [0.15, 0.2) is 0 Å². The first-order valence-corrected chi connectivity index (χ1v) is 8.67. The molecule has 25 heavy (non-hydrogen) atoms. The second-order valence-electron chi connectivity index (χ2n) is 7.38. The van der Waals surface area contributed by atoms with Crippen LogP contribution in [-0.4, -0.2) is 17.4 Å². The number of benzene rings is 2. The summed E-state index contributed by atoms with van der Waals surface area (Å²) in [5.41, 5.74) is 1.87. The van der Waals surface area contributed by atoms with E-state index in [1.54, 1.807) is 0 Å². The first-order chi connectivity index (χ1) is 11.8. The third kappa shape index (κ3) is 2.50. The van der Waals surface area contributed by atoms with E-state index in [1.165, 1.54) is 0 Å². The maximum atomic E-state index is 13.5. The van der Waals surface area contributed by atoms with Gasteiger partial charge >= 0.3 is 6.18 Å². The molecule has 2 aromatic carbocycles. The van der Waals surface area contributed by atoms with Crippen molar-refractivity contribution < 1.29 is 13.2 Å². The third-order valence-corrected chi connectivity index (χ3v) is 5.94. The molecule has 0 amide bonds. The monoisotopic (exact) mass is 343 g/mol. The molecule has 4 heteroatoms. The van der Waals surface area contributed by atoms with Crippen LogP contribution in [0.25, 0.3) is 0 Å². The number of hydrogen-bond donors (Lipinski definition) is 0. The molecule has 0 saturated heterocycles. The van der Waals surface area contributed by atoms with Crippen LogP contribution in [0, 0.1) is 0 Å². The fourth-order valence-corrected chi connectivity index (χ4v) is 4.72. The lowest BCUT2D eigenvalue weighted by molar-refractivity contribution is -0.151. The fourth-order valence-electron chi connectivity index (χ4n) is 4.72. The van der Waals surface area contributed by atoms with E-state index in [4.69, 9.17) is 4.99 Å². The summed E-state index contributed by atoms with van der Waals surface area (Å²) < 4.78 is 40.4. The summed E-state index contributed by atoms with van der Waals surface area (Å²) in [4.78, 5) is 4.84. The van der Waals surface area contributed by atoms with E-state index in [2.05, 4.69) is 0 Å². The van der Waals surface area contributed by atoms with Gasteiger partial charge in [-0.3, -0.25) is 4.99 Å². The molecular formula is C21H20F3N. The lowest BCUT2D eigenvalue weighted by Crippen LogP contribution is -2.50. The van der Waals surface area contributed by atoms with Gasteiger partial charge in [-0.2, -0.15) is 13.2 Å². The third-order valence-electron chi connectivity index (χ3n) is 5.94. The molecule has 130 valence electrons. The number of alkyl halides is 3. The smallest absolute Gasteiger partial charge is 0.276 e. The van der Waals surface area contributed by atoms with Crippen molar-refractivity contribution in [1.29, 1.82) is 0 Å². The predicted molar refractivity (Wildman–Crippen MR) is 93.1 cm³/mol. The van der Waals surface area contributed by atoms with Crippen molar-refractivity contribution in [1.82, 2.24) is 0 Å². The lowest BCUT2D eigenvalue weighted by Gasteiger charge is -2.46. The summed E-state index contributed by atoms with van der Waals surface area (Å²) in [6.45, 7) is 1.97. The summed E-state index contributed by atoms with van der Waals surface area (Å²) >= 11 is 0. The Hall–Kier alpha value is -2.10. The molecule has 2 aromatic rings. The van der Waals surface area contributed by atoms with Crippen LogP contribution >= 0.6 is 0 Å². The van der Waals surface area contributed by atoms with Crippen LogP contribution in [0.3, 0.4) is 0 Å². The SMILES string of the molecule is C[C@]12CCC[C@@]1(CC(F)(F)F)N=C(c1ccccc1)c1ccccc12. The van der Waals surface area contributed by atoms with Gasteiger partial charge < -0.3 is 0 Å². The zero-order chi connectivity index (χ0) is 17.7. The summed E-state index contributed by atoms with van der Waals surface area (Å²) in [6.07, 6.45) is -3.10. The van der Waals surface area contributed by atoms with Crippen LogP contribution < -0.4 is 0 Å². The molecule has 0 bridgehead atoms. The number of aliphatic imine (C=N–C) groups is 1. The standard InChI is InChI=1S/C21H20F3N/c1-19-12-7-13-20(19,14-21(22,23)24)25-18(15-8-3-2-4-9-15)16-10-5-6-11-17(16)19/h2-6,8-11H,7,12-14H2,1H3/t19-,20+/m1/s1. The van der Waals surface area contributed by atoms with Crippen molar-refractivity contribution >= 4 is 5.71 Å². The topological polar surface area (TPSA) is 12.4 Å². The first kappa shape index (κ1) is 16.4. The highest BCUT2D eigenvalue weighted by Crippen LogP contribution is 2.57. The zero-order valence-corrected chi connectivity index (χ0v) is 14.1. The van der Waals surface area contributed by atoms with Gasteiger partial charge in [-0.05, 0) is 18.4 Å². The Balaban J connectivity index is 1.98. The molecule has 0 unspecified atom stereocenters. The maximum absolute atomic E-state index is 13.5. The molecular weight excluding hydrogens is 323 g/mol. The second-order valence-corrected chi connectivity index (χ2v) is 7.38. The molecule has 1 aliphatic carbocycles. The Morgan fingerprint density at radius 1 is 0.960 bits per heavy atom. The van der Waals surface area contributed by atoms with Gasteiger partial charge in [-0.1, -0.05) is 67.9 Å². The highest BCUT2D eigenvalue weighted by Gasteiger charge is 2.59. The fraction of sp³-hybridized carbons (Fsp3) is 0.381. The minimum Gasteiger partial charge on any atom is -0.276 e. The van der Waals surface area contributed by atoms with Gasteiger partial charge in [0, 0.05) is 16.5 Å². The quantitative estimate of drug-likeness (QED) is 0.666. The van der Waals surface area contributed by atoms with Crippen LogP contribution in [0.2, 0.25) is 0 Å². The number of fused-ring (bicyclic) bond motifs is 3. The Labute approximate surface area is 145 Å². The molecule has 1 fully saturated rings. The number of nitrogens with zero attached hydrogens (tertiary/aromatic N) is 1. The highest BCUT2D eigenvalue weighted by molar-refractivity contribution is 6.15. The van der Waals surface area contributed by atoms with Gasteiger partial charge in [0.1, 0.15) is 0 Å². The minimum atomic E-state index is -4.23. The van der Waals surface area contributed by atoms with Crippen LogP contribution in [0.15, 0.2) is 59.6 Å². The van der Waals surface area contributed by atoms with Crippen molar-refractivity contribution in [2.75, 3.05) is 0 Å². The summed E-state index contributed by atoms with van der Waals surface area (Å²) in [7, 11) is 0. The van der Waals surface area contributed by atoms with Crippen molar-refractivity contribution in [2.24, 2.45) is 4.99 Å². The van der Waals surface area contributed by atoms with E-state index < -0.39 is 23.6 Å². The largest absolute Gasteiger partial charge is 0.391 e. The average molecular weight is 343 g/mol. The van der Waals surface area contributed by atoms with Gasteiger partial charge in [0.25, 0.3) is 0 Å². The maximum Gasteiger partial charge on any atom is 0.391 e. The van der Waals surface area contributed by atoms with Crippen LogP contribution in [0.1, 0.15) is 49.3 Å². The Kier molecular flexibility index (Phi) is 3.57. The van der Waals surface area contributed by atoms with E-state index in [0.717, 1.165) is 29.5 Å². The normalized spacial score (nSPS) is 28.2. The molecule has 0 radical (unpaired) electrons. The van der Waals surface area contributed by atoms with Gasteiger partial charge in [0.2, 0.25) is 0 Å². The van der Waals surface area contributed by atoms with E-state index in [-0.39, 0.29) is 0 Å². The molecule has 1 nitrogen and oxygen atoms in total. The van der Waals surface area contributed by atoms with Crippen molar-refractivity contribution in [3.8, 4) is 0 Å². The van der Waals surface area contributed by atoms with Crippen LogP contribution in [-0.2, 0) is 5.41 Å². The highest BCUT2D eigenvalue weighted by atomic mass is 19.4. The molecule has 1 saturated carbocycles. The number of rotatable bonds is 2. The first-order valence-electron chi connectivity index (χ1n) is 8.67. The lowest BCUT2D eigenvalue weighted by atomic mass is 9.63. The van der Waals surface area contributed by atoms with Gasteiger partial charge in [0.05, 0.1) is 17.7 Å². The van der Waals surface area contributed by atoms with E-state index in [0.29, 0.717) is 12.1 Å². The molecule has 1 heterocycles. The zero-order valence-electron chi connectivity index (χ0n) is 14.1.